The quantitative estimate of drug-likeness (QED) is 0.0272. The van der Waals surface area contributed by atoms with Gasteiger partial charge in [0, 0.05) is 69.1 Å². The van der Waals surface area contributed by atoms with E-state index in [-0.39, 0.29) is 63.3 Å². The lowest BCUT2D eigenvalue weighted by Gasteiger charge is -2.69. The van der Waals surface area contributed by atoms with Crippen LogP contribution in [0.3, 0.4) is 0 Å². The van der Waals surface area contributed by atoms with E-state index in [4.69, 9.17) is 14.2 Å². The Labute approximate surface area is 493 Å². The van der Waals surface area contributed by atoms with Gasteiger partial charge in [-0.05, 0) is 170 Å². The van der Waals surface area contributed by atoms with Crippen LogP contribution < -0.4 is 15.4 Å². The summed E-state index contributed by atoms with van der Waals surface area (Å²) in [6.45, 7) is 0.768. The topological polar surface area (TPSA) is 206 Å². The number of benzene rings is 5. The number of rotatable bonds is 10. The second-order valence-electron chi connectivity index (χ2n) is 26.1. The lowest BCUT2D eigenvalue weighted by Crippen LogP contribution is -2.80. The van der Waals surface area contributed by atoms with Crippen molar-refractivity contribution in [3.8, 4) is 11.5 Å². The maximum absolute atomic E-state index is 15.8. The number of carbonyl (C=O) groups excluding carboxylic acids is 1. The number of hydrogen-bond acceptors (Lipinski definition) is 16. The highest BCUT2D eigenvalue weighted by Gasteiger charge is 2.85. The Morgan fingerprint density at radius 2 is 1.65 bits per heavy atom. The summed E-state index contributed by atoms with van der Waals surface area (Å²) in [6, 6.07) is 32.7. The molecule has 21 atom stereocenters. The fourth-order valence-corrected chi connectivity index (χ4v) is 27.3. The molecule has 9 N–H and O–H groups in total. The molecule has 19 rings (SSSR count). The van der Waals surface area contributed by atoms with Crippen molar-refractivity contribution in [2.24, 2.45) is 52.8 Å². The van der Waals surface area contributed by atoms with Gasteiger partial charge in [0.2, 0.25) is 5.79 Å². The Kier molecular flexibility index (Phi) is 13.2. The molecule has 82 heavy (non-hydrogen) atoms. The third-order valence-corrected chi connectivity index (χ3v) is 29.2. The molecule has 13 aliphatic rings. The number of phenolic OH excluding ortho intramolecular Hbond substituents is 1. The first kappa shape index (κ1) is 53.9. The highest BCUT2D eigenvalue weighted by Crippen LogP contribution is 2.82. The van der Waals surface area contributed by atoms with Crippen molar-refractivity contribution in [1.82, 2.24) is 15.6 Å². The first-order valence-electron chi connectivity index (χ1n) is 30.2. The van der Waals surface area contributed by atoms with Crippen LogP contribution in [0.25, 0.3) is 32.4 Å². The minimum Gasteiger partial charge on any atom is -0.508 e. The van der Waals surface area contributed by atoms with Crippen LogP contribution in [0.5, 0.6) is 11.5 Å². The Bertz CT molecular complexity index is 3500. The molecule has 21 unspecified atom stereocenters. The van der Waals surface area contributed by atoms with E-state index in [0.29, 0.717) is 42.6 Å². The van der Waals surface area contributed by atoms with Crippen LogP contribution in [0.1, 0.15) is 79.7 Å². The molecule has 5 aromatic carbocycles. The Morgan fingerprint density at radius 1 is 0.829 bits per heavy atom. The summed E-state index contributed by atoms with van der Waals surface area (Å²) in [5.74, 6) is -2.51. The molecule has 2 spiro atoms. The predicted octanol–water partition coefficient (Wildman–Crippen LogP) is 8.97. The number of ether oxygens (including phenoxy) is 3. The van der Waals surface area contributed by atoms with E-state index in [9.17, 15) is 30.6 Å². The van der Waals surface area contributed by atoms with Gasteiger partial charge in [-0.25, -0.2) is 4.79 Å². The molecule has 0 radical (unpaired) electrons. The molecule has 17 heteroatoms. The third kappa shape index (κ3) is 7.35. The molecule has 5 saturated heterocycles. The number of aromatic hydroxyl groups is 1. The monoisotopic (exact) mass is 1180 g/mol. The molecular formula is C65H73N3O10S4. The lowest BCUT2D eigenvalue weighted by molar-refractivity contribution is -0.381. The SMILES string of the molecule is CNC1CSSC2CSSC(CNCCCc3ccccc3)C3CC4C5CC1C(O)C1(CCC6CC7CCC8C2c2cc(O)ccc2C61C78)C5OC1C(C(=O)Oc2c(CO)[nH]c5ccc6cc7ccccc7cc6c25)OC(O)(C3O)C41O. The van der Waals surface area contributed by atoms with Crippen LogP contribution >= 0.6 is 43.2 Å². The van der Waals surface area contributed by atoms with Gasteiger partial charge in [-0.3, -0.25) is 0 Å². The number of esters is 1. The number of aryl methyl sites for hydroxylation is 1. The van der Waals surface area contributed by atoms with Crippen LogP contribution in [-0.2, 0) is 32.7 Å². The molecule has 6 aliphatic carbocycles. The van der Waals surface area contributed by atoms with E-state index < -0.39 is 83.1 Å². The van der Waals surface area contributed by atoms with Crippen molar-refractivity contribution in [3.05, 3.63) is 119 Å². The number of nitrogens with one attached hydrogen (secondary N) is 3. The van der Waals surface area contributed by atoms with Gasteiger partial charge in [0.25, 0.3) is 0 Å². The Morgan fingerprint density at radius 3 is 2.48 bits per heavy atom. The van der Waals surface area contributed by atoms with Crippen molar-refractivity contribution in [1.29, 1.82) is 0 Å². The number of phenols is 1. The number of fused-ring (bicyclic) bond motifs is 4. The minimum absolute atomic E-state index is 0.111. The number of H-pyrrole nitrogens is 1. The average molecular weight is 1180 g/mol. The summed E-state index contributed by atoms with van der Waals surface area (Å²) in [5, 5.41) is 90.1. The van der Waals surface area contributed by atoms with Crippen LogP contribution in [0.4, 0.5) is 0 Å². The fraction of sp³-hybridized carbons (Fsp3) is 0.554. The number of aliphatic hydroxyl groups excluding tert-OH is 3. The van der Waals surface area contributed by atoms with Gasteiger partial charge in [0.1, 0.15) is 18.0 Å². The van der Waals surface area contributed by atoms with E-state index in [1.54, 1.807) is 10.8 Å². The molecule has 10 fully saturated rings. The van der Waals surface area contributed by atoms with Crippen LogP contribution in [0.15, 0.2) is 97.1 Å². The van der Waals surface area contributed by atoms with Gasteiger partial charge in [-0.1, -0.05) is 110 Å². The largest absolute Gasteiger partial charge is 0.508 e. The van der Waals surface area contributed by atoms with E-state index >= 15 is 4.79 Å². The van der Waals surface area contributed by atoms with Crippen molar-refractivity contribution in [2.45, 2.75) is 134 Å². The van der Waals surface area contributed by atoms with Crippen molar-refractivity contribution >= 4 is 81.6 Å². The highest BCUT2D eigenvalue weighted by molar-refractivity contribution is 8.78. The predicted molar refractivity (Wildman–Crippen MR) is 324 cm³/mol. The summed E-state index contributed by atoms with van der Waals surface area (Å²) in [5.41, 5.74) is 0.812. The number of aromatic amines is 1. The fourth-order valence-electron chi connectivity index (χ4n) is 20.3. The van der Waals surface area contributed by atoms with Gasteiger partial charge in [-0.15, -0.1) is 0 Å². The van der Waals surface area contributed by atoms with Crippen LogP contribution in [0.2, 0.25) is 0 Å². The lowest BCUT2D eigenvalue weighted by atomic mass is 9.39. The number of aromatic nitrogens is 1. The zero-order valence-electron chi connectivity index (χ0n) is 45.9. The normalized spacial score (nSPS) is 42.0. The molecule has 6 aromatic rings. The van der Waals surface area contributed by atoms with Crippen molar-refractivity contribution in [3.63, 3.8) is 0 Å². The van der Waals surface area contributed by atoms with Gasteiger partial charge in [0.15, 0.2) is 17.5 Å². The summed E-state index contributed by atoms with van der Waals surface area (Å²) in [7, 11) is 9.45. The first-order valence-corrected chi connectivity index (χ1v) is 34.9. The van der Waals surface area contributed by atoms with Crippen molar-refractivity contribution < 1.29 is 49.6 Å². The molecule has 9 bridgehead atoms. The molecule has 432 valence electrons. The zero-order valence-corrected chi connectivity index (χ0v) is 49.2. The number of aliphatic hydroxyl groups is 5. The van der Waals surface area contributed by atoms with Gasteiger partial charge < -0.3 is 60.5 Å². The average Bonchev–Trinajstić information content (AvgIpc) is 1.44. The summed E-state index contributed by atoms with van der Waals surface area (Å²) in [4.78, 5) is 19.1. The maximum Gasteiger partial charge on any atom is 0.343 e. The van der Waals surface area contributed by atoms with E-state index in [2.05, 4.69) is 70.2 Å². The number of carbonyl (C=O) groups is 1. The molecular weight excluding hydrogens is 1110 g/mol. The maximum atomic E-state index is 15.8. The standard InChI is InChI=1S/C65H73N3O10S4/c1-66-49-30-79-82-51-31-80-81-50(28-67-21-7-10-32-8-3-2-4-9-32)44-27-46-42-26-43(49)57(71)62(20-19-37-23-36-13-16-39-52(51)41-25-38(70)15-17-45(41)63(37,62)54(36)39)59(42)77-60-56(78-65(75,58(44)72)64(46,60)74)61(73)76-55-48(29-69)68-47-18-14-35-22-33-11-5-6-12-34(33)24-40(35)53(47)55/h2-6,8-9,11-12,14-15,17-18,22,24-25,36-37,39,42-44,46,49-52,54,56-60,66-72,74-75H,7,10,13,16,19-21,23,26-31H2,1H3. The van der Waals surface area contributed by atoms with Gasteiger partial charge in [-0.2, -0.15) is 0 Å². The van der Waals surface area contributed by atoms with E-state index in [0.717, 1.165) is 78.1 Å². The minimum atomic E-state index is -2.69. The zero-order chi connectivity index (χ0) is 55.6. The van der Waals surface area contributed by atoms with Crippen molar-refractivity contribution in [2.75, 3.05) is 31.6 Å². The summed E-state index contributed by atoms with van der Waals surface area (Å²) in [6.07, 6.45) is 0.866. The Balaban J connectivity index is 0.881. The molecule has 1 aromatic heterocycles. The van der Waals surface area contributed by atoms with Crippen LogP contribution in [0, 0.1) is 52.8 Å². The molecule has 0 amide bonds. The third-order valence-electron chi connectivity index (χ3n) is 23.1. The molecule has 8 heterocycles. The molecule has 13 nitrogen and oxygen atoms in total. The van der Waals surface area contributed by atoms with Gasteiger partial charge in [0.05, 0.1) is 35.4 Å². The second-order valence-corrected chi connectivity index (χ2v) is 31.5. The molecule has 7 aliphatic heterocycles. The highest BCUT2D eigenvalue weighted by atomic mass is 33.1. The summed E-state index contributed by atoms with van der Waals surface area (Å²) < 4.78 is 21.4. The van der Waals surface area contributed by atoms with Gasteiger partial charge >= 0.3 is 5.97 Å². The molecule has 5 saturated carbocycles. The summed E-state index contributed by atoms with van der Waals surface area (Å²) >= 11 is 0. The van der Waals surface area contributed by atoms with Crippen LogP contribution in [-0.4, -0.2) is 132 Å². The Hall–Kier alpha value is -3.53. The number of hydrogen-bond donors (Lipinski definition) is 9. The smallest absolute Gasteiger partial charge is 0.343 e. The second kappa shape index (κ2) is 20.0. The van der Waals surface area contributed by atoms with E-state index in [1.807, 2.05) is 81.9 Å². The first-order chi connectivity index (χ1) is 39.9. The van der Waals surface area contributed by atoms with E-state index in [1.165, 1.54) is 16.7 Å².